The van der Waals surface area contributed by atoms with E-state index < -0.39 is 15.6 Å². The van der Waals surface area contributed by atoms with Crippen LogP contribution in [0.15, 0.2) is 23.4 Å². The maximum atomic E-state index is 12.8. The van der Waals surface area contributed by atoms with E-state index in [2.05, 4.69) is 10.3 Å². The van der Waals surface area contributed by atoms with Crippen LogP contribution in [-0.4, -0.2) is 48.0 Å². The summed E-state index contributed by atoms with van der Waals surface area (Å²) in [7, 11) is -3.59. The number of pyridine rings is 1. The third-order valence-electron chi connectivity index (χ3n) is 3.79. The van der Waals surface area contributed by atoms with Gasteiger partial charge in [0.25, 0.3) is 0 Å². The highest BCUT2D eigenvalue weighted by Gasteiger charge is 2.32. The van der Waals surface area contributed by atoms with E-state index in [-0.39, 0.29) is 4.90 Å². The number of rotatable bonds is 4. The van der Waals surface area contributed by atoms with Crippen molar-refractivity contribution in [2.45, 2.75) is 43.6 Å². The van der Waals surface area contributed by atoms with Crippen LogP contribution in [0.1, 0.15) is 33.1 Å². The topological polar surface area (TPSA) is 82.5 Å². The van der Waals surface area contributed by atoms with Crippen LogP contribution in [0.4, 0.5) is 5.69 Å². The van der Waals surface area contributed by atoms with Crippen molar-refractivity contribution in [1.29, 1.82) is 0 Å². The lowest BCUT2D eigenvalue weighted by Gasteiger charge is -2.23. The molecule has 1 unspecified atom stereocenters. The smallest absolute Gasteiger partial charge is 0.246 e. The summed E-state index contributed by atoms with van der Waals surface area (Å²) in [6, 6.07) is 1.67. The van der Waals surface area contributed by atoms with Gasteiger partial charge in [-0.05, 0) is 39.2 Å². The van der Waals surface area contributed by atoms with Gasteiger partial charge in [-0.3, -0.25) is 4.98 Å². The number of aromatic nitrogens is 1. The zero-order valence-electron chi connectivity index (χ0n) is 12.5. The van der Waals surface area contributed by atoms with E-state index in [1.807, 2.05) is 6.92 Å². The molecule has 0 aromatic carbocycles. The Bertz CT molecular complexity index is 587. The summed E-state index contributed by atoms with van der Waals surface area (Å²) >= 11 is 0. The molecule has 0 radical (unpaired) electrons. The van der Waals surface area contributed by atoms with Crippen LogP contribution in [0.3, 0.4) is 0 Å². The number of nitrogens with zero attached hydrogens (tertiary/aromatic N) is 2. The Labute approximate surface area is 126 Å². The molecule has 0 saturated carbocycles. The molecule has 118 valence electrons. The molecule has 1 aliphatic heterocycles. The number of nitrogens with one attached hydrogen (secondary N) is 1. The van der Waals surface area contributed by atoms with Crippen LogP contribution < -0.4 is 5.32 Å². The van der Waals surface area contributed by atoms with Crippen molar-refractivity contribution >= 4 is 15.7 Å². The van der Waals surface area contributed by atoms with Crippen LogP contribution in [0.25, 0.3) is 0 Å². The second kappa shape index (κ2) is 6.29. The fourth-order valence-corrected chi connectivity index (χ4v) is 4.13. The molecule has 1 aromatic rings. The van der Waals surface area contributed by atoms with Gasteiger partial charge in [0.1, 0.15) is 4.90 Å². The summed E-state index contributed by atoms with van der Waals surface area (Å²) in [5.74, 6) is 0. The average molecular weight is 313 g/mol. The summed E-state index contributed by atoms with van der Waals surface area (Å²) in [4.78, 5) is 4.15. The van der Waals surface area contributed by atoms with E-state index in [0.29, 0.717) is 44.6 Å². The van der Waals surface area contributed by atoms with Crippen LogP contribution in [0.2, 0.25) is 0 Å². The first-order valence-electron chi connectivity index (χ1n) is 7.27. The van der Waals surface area contributed by atoms with Gasteiger partial charge in [-0.1, -0.05) is 0 Å². The summed E-state index contributed by atoms with van der Waals surface area (Å²) < 4.78 is 27.1. The second-order valence-corrected chi connectivity index (χ2v) is 7.56. The van der Waals surface area contributed by atoms with Gasteiger partial charge >= 0.3 is 0 Å². The lowest BCUT2D eigenvalue weighted by atomic mass is 9.98. The highest BCUT2D eigenvalue weighted by molar-refractivity contribution is 7.89. The number of aliphatic hydroxyl groups is 1. The zero-order valence-corrected chi connectivity index (χ0v) is 13.4. The second-order valence-electron chi connectivity index (χ2n) is 5.66. The standard InChI is InChI=1S/C14H23N3O3S/c1-3-16-12-5-8-15-11-13(12)21(19,20)17-9-4-6-14(2,18)7-10-17/h5,8,11,18H,3-4,6-7,9-10H2,1-2H3,(H,15,16). The Hall–Kier alpha value is -1.18. The normalized spacial score (nSPS) is 24.5. The first-order valence-corrected chi connectivity index (χ1v) is 8.71. The fraction of sp³-hybridized carbons (Fsp3) is 0.643. The summed E-state index contributed by atoms with van der Waals surface area (Å²) in [5.41, 5.74) is -0.215. The minimum Gasteiger partial charge on any atom is -0.390 e. The molecule has 0 bridgehead atoms. The third-order valence-corrected chi connectivity index (χ3v) is 5.72. The number of sulfonamides is 1. The number of anilines is 1. The molecule has 1 aliphatic rings. The predicted octanol–water partition coefficient (Wildman–Crippen LogP) is 1.44. The lowest BCUT2D eigenvalue weighted by Crippen LogP contribution is -2.34. The van der Waals surface area contributed by atoms with Crippen LogP contribution in [0, 0.1) is 0 Å². The van der Waals surface area contributed by atoms with E-state index in [9.17, 15) is 13.5 Å². The Kier molecular flexibility index (Phi) is 4.85. The minimum atomic E-state index is -3.59. The van der Waals surface area contributed by atoms with Gasteiger partial charge in [-0.2, -0.15) is 4.31 Å². The molecule has 0 aliphatic carbocycles. The van der Waals surface area contributed by atoms with Gasteiger partial charge in [0.05, 0.1) is 11.3 Å². The maximum Gasteiger partial charge on any atom is 0.246 e. The molecule has 2 N–H and O–H groups in total. The highest BCUT2D eigenvalue weighted by Crippen LogP contribution is 2.28. The first-order chi connectivity index (χ1) is 9.87. The van der Waals surface area contributed by atoms with Gasteiger partial charge in [-0.15, -0.1) is 0 Å². The van der Waals surface area contributed by atoms with Gasteiger partial charge in [-0.25, -0.2) is 8.42 Å². The molecule has 1 saturated heterocycles. The van der Waals surface area contributed by atoms with Crippen molar-refractivity contribution in [3.05, 3.63) is 18.5 Å². The summed E-state index contributed by atoms with van der Waals surface area (Å²) in [6.45, 7) is 5.08. The average Bonchev–Trinajstić information content (AvgIpc) is 2.61. The van der Waals surface area contributed by atoms with Crippen molar-refractivity contribution in [2.24, 2.45) is 0 Å². The fourth-order valence-electron chi connectivity index (χ4n) is 2.54. The molecule has 7 heteroatoms. The van der Waals surface area contributed by atoms with Crippen LogP contribution >= 0.6 is 0 Å². The molecule has 2 rings (SSSR count). The van der Waals surface area contributed by atoms with Crippen molar-refractivity contribution in [1.82, 2.24) is 9.29 Å². The van der Waals surface area contributed by atoms with Gasteiger partial charge < -0.3 is 10.4 Å². The van der Waals surface area contributed by atoms with Crippen molar-refractivity contribution in [2.75, 3.05) is 25.0 Å². The molecule has 2 heterocycles. The van der Waals surface area contributed by atoms with Crippen LogP contribution in [-0.2, 0) is 10.0 Å². The Morgan fingerprint density at radius 2 is 2.19 bits per heavy atom. The molecule has 1 aromatic heterocycles. The molecule has 21 heavy (non-hydrogen) atoms. The van der Waals surface area contributed by atoms with Crippen molar-refractivity contribution in [3.63, 3.8) is 0 Å². The van der Waals surface area contributed by atoms with Crippen LogP contribution in [0.5, 0.6) is 0 Å². The monoisotopic (exact) mass is 313 g/mol. The summed E-state index contributed by atoms with van der Waals surface area (Å²) in [5, 5.41) is 13.2. The number of hydrogen-bond acceptors (Lipinski definition) is 5. The van der Waals surface area contributed by atoms with Crippen molar-refractivity contribution in [3.8, 4) is 0 Å². The molecule has 0 spiro atoms. The van der Waals surface area contributed by atoms with Gasteiger partial charge in [0, 0.05) is 32.0 Å². The quantitative estimate of drug-likeness (QED) is 0.879. The Morgan fingerprint density at radius 3 is 2.90 bits per heavy atom. The van der Waals surface area contributed by atoms with E-state index in [0.717, 1.165) is 0 Å². The van der Waals surface area contributed by atoms with E-state index in [1.165, 1.54) is 10.5 Å². The molecule has 6 nitrogen and oxygen atoms in total. The summed E-state index contributed by atoms with van der Waals surface area (Å²) in [6.07, 6.45) is 4.68. The largest absolute Gasteiger partial charge is 0.390 e. The molecule has 1 fully saturated rings. The molecular formula is C14H23N3O3S. The Balaban J connectivity index is 2.30. The predicted molar refractivity (Wildman–Crippen MR) is 81.6 cm³/mol. The first kappa shape index (κ1) is 16.2. The van der Waals surface area contributed by atoms with E-state index in [4.69, 9.17) is 0 Å². The number of hydrogen-bond donors (Lipinski definition) is 2. The lowest BCUT2D eigenvalue weighted by molar-refractivity contribution is 0.0465. The minimum absolute atomic E-state index is 0.202. The highest BCUT2D eigenvalue weighted by atomic mass is 32.2. The SMILES string of the molecule is CCNc1ccncc1S(=O)(=O)N1CCCC(C)(O)CC1. The molecular weight excluding hydrogens is 290 g/mol. The van der Waals surface area contributed by atoms with E-state index >= 15 is 0 Å². The van der Waals surface area contributed by atoms with E-state index in [1.54, 1.807) is 19.2 Å². The molecule has 1 atom stereocenters. The zero-order chi connectivity index (χ0) is 15.5. The van der Waals surface area contributed by atoms with Crippen molar-refractivity contribution < 1.29 is 13.5 Å². The third kappa shape index (κ3) is 3.72. The Morgan fingerprint density at radius 1 is 1.43 bits per heavy atom. The molecule has 0 amide bonds. The maximum absolute atomic E-state index is 12.8. The van der Waals surface area contributed by atoms with Gasteiger partial charge in [0.2, 0.25) is 10.0 Å². The van der Waals surface area contributed by atoms with Gasteiger partial charge in [0.15, 0.2) is 0 Å².